The topological polar surface area (TPSA) is 55.6 Å². The van der Waals surface area contributed by atoms with Crippen molar-refractivity contribution in [2.24, 2.45) is 5.92 Å². The highest BCUT2D eigenvalue weighted by molar-refractivity contribution is 5.97. The largest absolute Gasteiger partial charge is 0.496 e. The van der Waals surface area contributed by atoms with Crippen LogP contribution in [0.5, 0.6) is 5.75 Å². The SMILES string of the molecule is COc1ccc(N)cc1C(=O)N(C)C1CCCC(C)C1. The van der Waals surface area contributed by atoms with Crippen LogP contribution in [-0.4, -0.2) is 31.0 Å². The van der Waals surface area contributed by atoms with E-state index in [0.717, 1.165) is 12.8 Å². The van der Waals surface area contributed by atoms with E-state index in [0.29, 0.717) is 29.0 Å². The lowest BCUT2D eigenvalue weighted by molar-refractivity contribution is 0.0669. The lowest BCUT2D eigenvalue weighted by Gasteiger charge is -2.34. The molecule has 1 aromatic rings. The smallest absolute Gasteiger partial charge is 0.257 e. The van der Waals surface area contributed by atoms with Gasteiger partial charge in [-0.25, -0.2) is 0 Å². The van der Waals surface area contributed by atoms with Crippen LogP contribution in [-0.2, 0) is 0 Å². The fourth-order valence-electron chi connectivity index (χ4n) is 3.00. The first-order valence-electron chi connectivity index (χ1n) is 7.23. The average Bonchev–Trinajstić information content (AvgIpc) is 2.45. The number of nitrogens with zero attached hydrogens (tertiary/aromatic N) is 1. The number of carbonyl (C=O) groups is 1. The summed E-state index contributed by atoms with van der Waals surface area (Å²) in [7, 11) is 3.46. The van der Waals surface area contributed by atoms with Crippen LogP contribution in [0.4, 0.5) is 5.69 Å². The Kier molecular flexibility index (Phi) is 4.53. The van der Waals surface area contributed by atoms with Gasteiger partial charge in [0.25, 0.3) is 5.91 Å². The Morgan fingerprint density at radius 1 is 1.40 bits per heavy atom. The van der Waals surface area contributed by atoms with E-state index in [-0.39, 0.29) is 5.91 Å². The van der Waals surface area contributed by atoms with E-state index in [1.54, 1.807) is 25.3 Å². The molecule has 1 aliphatic rings. The van der Waals surface area contributed by atoms with Gasteiger partial charge in [0.15, 0.2) is 0 Å². The maximum absolute atomic E-state index is 12.7. The molecule has 1 fully saturated rings. The molecular weight excluding hydrogens is 252 g/mol. The van der Waals surface area contributed by atoms with Crippen LogP contribution < -0.4 is 10.5 Å². The minimum atomic E-state index is -0.00625. The van der Waals surface area contributed by atoms with E-state index < -0.39 is 0 Å². The van der Waals surface area contributed by atoms with Gasteiger partial charge in [-0.2, -0.15) is 0 Å². The van der Waals surface area contributed by atoms with Gasteiger partial charge in [0.05, 0.1) is 12.7 Å². The van der Waals surface area contributed by atoms with E-state index in [1.165, 1.54) is 12.8 Å². The second-order valence-electron chi connectivity index (χ2n) is 5.80. The number of nitrogens with two attached hydrogens (primary N) is 1. The quantitative estimate of drug-likeness (QED) is 0.864. The first kappa shape index (κ1) is 14.7. The molecule has 1 aliphatic carbocycles. The monoisotopic (exact) mass is 276 g/mol. The number of ether oxygens (including phenoxy) is 1. The predicted molar refractivity (Wildman–Crippen MR) is 80.9 cm³/mol. The van der Waals surface area contributed by atoms with Crippen molar-refractivity contribution in [1.82, 2.24) is 4.90 Å². The number of amides is 1. The maximum atomic E-state index is 12.7. The maximum Gasteiger partial charge on any atom is 0.257 e. The summed E-state index contributed by atoms with van der Waals surface area (Å²) in [6.07, 6.45) is 4.61. The molecule has 2 atom stereocenters. The van der Waals surface area contributed by atoms with Crippen molar-refractivity contribution in [3.63, 3.8) is 0 Å². The molecule has 0 spiro atoms. The number of hydrogen-bond acceptors (Lipinski definition) is 3. The summed E-state index contributed by atoms with van der Waals surface area (Å²) in [5.74, 6) is 1.26. The third kappa shape index (κ3) is 3.06. The molecule has 0 radical (unpaired) electrons. The fourth-order valence-corrected chi connectivity index (χ4v) is 3.00. The molecule has 110 valence electrons. The molecule has 2 rings (SSSR count). The molecule has 0 aromatic heterocycles. The Hall–Kier alpha value is -1.71. The zero-order chi connectivity index (χ0) is 14.7. The van der Waals surface area contributed by atoms with Crippen molar-refractivity contribution in [3.8, 4) is 5.75 Å². The number of carbonyl (C=O) groups excluding carboxylic acids is 1. The minimum absolute atomic E-state index is 0.00625. The van der Waals surface area contributed by atoms with Crippen molar-refractivity contribution in [2.45, 2.75) is 38.6 Å². The predicted octanol–water partition coefficient (Wildman–Crippen LogP) is 2.93. The van der Waals surface area contributed by atoms with Crippen molar-refractivity contribution < 1.29 is 9.53 Å². The molecule has 2 unspecified atom stereocenters. The van der Waals surface area contributed by atoms with Gasteiger partial charge in [-0.15, -0.1) is 0 Å². The van der Waals surface area contributed by atoms with E-state index in [1.807, 2.05) is 11.9 Å². The molecular formula is C16H24N2O2. The Bertz CT molecular complexity index is 487. The summed E-state index contributed by atoms with van der Waals surface area (Å²) >= 11 is 0. The van der Waals surface area contributed by atoms with Crippen molar-refractivity contribution in [2.75, 3.05) is 19.9 Å². The molecule has 4 nitrogen and oxygen atoms in total. The summed E-state index contributed by atoms with van der Waals surface area (Å²) in [6, 6.07) is 5.51. The van der Waals surface area contributed by atoms with E-state index in [9.17, 15) is 4.79 Å². The van der Waals surface area contributed by atoms with Crippen LogP contribution in [0.3, 0.4) is 0 Å². The third-order valence-corrected chi connectivity index (χ3v) is 4.23. The van der Waals surface area contributed by atoms with Gasteiger partial charge in [-0.05, 0) is 37.0 Å². The van der Waals surface area contributed by atoms with Gasteiger partial charge < -0.3 is 15.4 Å². The third-order valence-electron chi connectivity index (χ3n) is 4.23. The van der Waals surface area contributed by atoms with Gasteiger partial charge in [-0.1, -0.05) is 19.8 Å². The number of hydrogen-bond donors (Lipinski definition) is 1. The van der Waals surface area contributed by atoms with Gasteiger partial charge in [0.1, 0.15) is 5.75 Å². The second-order valence-corrected chi connectivity index (χ2v) is 5.80. The highest BCUT2D eigenvalue weighted by Crippen LogP contribution is 2.29. The van der Waals surface area contributed by atoms with E-state index >= 15 is 0 Å². The molecule has 0 heterocycles. The summed E-state index contributed by atoms with van der Waals surface area (Å²) in [6.45, 7) is 2.26. The molecule has 1 saturated carbocycles. The summed E-state index contributed by atoms with van der Waals surface area (Å²) in [5, 5.41) is 0. The van der Waals surface area contributed by atoms with Gasteiger partial charge in [0.2, 0.25) is 0 Å². The molecule has 4 heteroatoms. The Balaban J connectivity index is 2.19. The first-order valence-corrected chi connectivity index (χ1v) is 7.23. The molecule has 1 aromatic carbocycles. The van der Waals surface area contributed by atoms with E-state index in [4.69, 9.17) is 10.5 Å². The van der Waals surface area contributed by atoms with Gasteiger partial charge >= 0.3 is 0 Å². The molecule has 20 heavy (non-hydrogen) atoms. The highest BCUT2D eigenvalue weighted by atomic mass is 16.5. The second kappa shape index (κ2) is 6.16. The Morgan fingerprint density at radius 3 is 2.80 bits per heavy atom. The summed E-state index contributed by atoms with van der Waals surface area (Å²) in [4.78, 5) is 14.5. The Labute approximate surface area is 120 Å². The lowest BCUT2D eigenvalue weighted by atomic mass is 9.86. The van der Waals surface area contributed by atoms with Crippen molar-refractivity contribution in [3.05, 3.63) is 23.8 Å². The number of benzene rings is 1. The number of rotatable bonds is 3. The molecule has 0 saturated heterocycles. The standard InChI is InChI=1S/C16H24N2O2/c1-11-5-4-6-13(9-11)18(2)16(19)14-10-12(17)7-8-15(14)20-3/h7-8,10-11,13H,4-6,9,17H2,1-3H3. The van der Waals surface area contributed by atoms with Crippen LogP contribution in [0.25, 0.3) is 0 Å². The van der Waals surface area contributed by atoms with Crippen LogP contribution in [0.1, 0.15) is 43.0 Å². The minimum Gasteiger partial charge on any atom is -0.496 e. The van der Waals surface area contributed by atoms with Crippen molar-refractivity contribution >= 4 is 11.6 Å². The zero-order valence-corrected chi connectivity index (χ0v) is 12.6. The van der Waals surface area contributed by atoms with Crippen LogP contribution in [0.2, 0.25) is 0 Å². The van der Waals surface area contributed by atoms with Crippen LogP contribution >= 0.6 is 0 Å². The normalized spacial score (nSPS) is 22.4. The number of anilines is 1. The van der Waals surface area contributed by atoms with Crippen LogP contribution in [0, 0.1) is 5.92 Å². The van der Waals surface area contributed by atoms with Crippen molar-refractivity contribution in [1.29, 1.82) is 0 Å². The highest BCUT2D eigenvalue weighted by Gasteiger charge is 2.27. The van der Waals surface area contributed by atoms with Crippen LogP contribution in [0.15, 0.2) is 18.2 Å². The molecule has 0 bridgehead atoms. The summed E-state index contributed by atoms with van der Waals surface area (Å²) in [5.41, 5.74) is 6.93. The van der Waals surface area contributed by atoms with Gasteiger partial charge in [0, 0.05) is 18.8 Å². The number of methoxy groups -OCH3 is 1. The Morgan fingerprint density at radius 2 is 2.15 bits per heavy atom. The first-order chi connectivity index (χ1) is 9.52. The van der Waals surface area contributed by atoms with Gasteiger partial charge in [-0.3, -0.25) is 4.79 Å². The molecule has 2 N–H and O–H groups in total. The fraction of sp³-hybridized carbons (Fsp3) is 0.562. The summed E-state index contributed by atoms with van der Waals surface area (Å²) < 4.78 is 5.28. The molecule has 1 amide bonds. The lowest BCUT2D eigenvalue weighted by Crippen LogP contribution is -2.40. The molecule has 0 aliphatic heterocycles. The average molecular weight is 276 g/mol. The number of nitrogen functional groups attached to an aromatic ring is 1. The van der Waals surface area contributed by atoms with E-state index in [2.05, 4.69) is 6.92 Å². The zero-order valence-electron chi connectivity index (χ0n) is 12.6.